The third-order valence-corrected chi connectivity index (χ3v) is 12.3. The molecule has 0 aliphatic carbocycles. The van der Waals surface area contributed by atoms with Crippen molar-refractivity contribution < 1.29 is 33.3 Å². The molecule has 0 bridgehead atoms. The molecule has 1 N–H and O–H groups in total. The maximum absolute atomic E-state index is 12.2. The van der Waals surface area contributed by atoms with Gasteiger partial charge in [-0.1, -0.05) is 111 Å². The van der Waals surface area contributed by atoms with Crippen molar-refractivity contribution >= 4 is 20.4 Å². The standard InChI is InChI=1S/C29H56O7Si/c1-8-9-10-11-12-13-14-15-16-17-18-19-20-21-22-33-27(31)34-23-24-25(29(5,32)26(30)35-24)36-37(6,7)28(2,3)4/h24-25,32H,8-23H2,1-7H3/t24-,25-,29+/m1/s1. The third kappa shape index (κ3) is 12.5. The second-order valence-electron chi connectivity index (χ2n) is 12.4. The third-order valence-electron chi connectivity index (χ3n) is 7.87. The van der Waals surface area contributed by atoms with Gasteiger partial charge in [0.2, 0.25) is 0 Å². The first-order valence-corrected chi connectivity index (χ1v) is 17.6. The lowest BCUT2D eigenvalue weighted by molar-refractivity contribution is -0.155. The van der Waals surface area contributed by atoms with E-state index in [1.807, 2.05) is 13.1 Å². The molecular formula is C29H56O7Si. The van der Waals surface area contributed by atoms with Crippen molar-refractivity contribution in [3.8, 4) is 0 Å². The van der Waals surface area contributed by atoms with Crippen molar-refractivity contribution in [3.63, 3.8) is 0 Å². The van der Waals surface area contributed by atoms with Gasteiger partial charge in [0.1, 0.15) is 12.7 Å². The van der Waals surface area contributed by atoms with Gasteiger partial charge in [0.15, 0.2) is 20.0 Å². The number of hydrogen-bond donors (Lipinski definition) is 1. The maximum Gasteiger partial charge on any atom is 0.508 e. The van der Waals surface area contributed by atoms with E-state index >= 15 is 0 Å². The van der Waals surface area contributed by atoms with Gasteiger partial charge >= 0.3 is 12.1 Å². The normalized spacial score (nSPS) is 22.2. The number of carbonyl (C=O) groups excluding carboxylic acids is 2. The minimum absolute atomic E-state index is 0.118. The number of hydrogen-bond acceptors (Lipinski definition) is 7. The Morgan fingerprint density at radius 3 is 1.81 bits per heavy atom. The van der Waals surface area contributed by atoms with E-state index in [1.165, 1.54) is 77.6 Å². The molecule has 0 unspecified atom stereocenters. The Kier molecular flexibility index (Phi) is 15.4. The van der Waals surface area contributed by atoms with Gasteiger partial charge in [-0.3, -0.25) is 0 Å². The second kappa shape index (κ2) is 16.8. The van der Waals surface area contributed by atoms with Crippen LogP contribution in [0.15, 0.2) is 0 Å². The number of carbonyl (C=O) groups is 2. The van der Waals surface area contributed by atoms with Crippen molar-refractivity contribution in [3.05, 3.63) is 0 Å². The van der Waals surface area contributed by atoms with Gasteiger partial charge in [-0.15, -0.1) is 0 Å². The first kappa shape index (κ1) is 33.9. The molecule has 0 amide bonds. The Balaban J connectivity index is 2.16. The van der Waals surface area contributed by atoms with E-state index in [2.05, 4.69) is 27.7 Å². The molecule has 0 aromatic rings. The minimum Gasteiger partial charge on any atom is -0.454 e. The van der Waals surface area contributed by atoms with E-state index in [4.69, 9.17) is 18.6 Å². The molecule has 1 aliphatic heterocycles. The molecule has 1 saturated heterocycles. The van der Waals surface area contributed by atoms with E-state index < -0.39 is 38.3 Å². The van der Waals surface area contributed by atoms with Crippen molar-refractivity contribution in [1.82, 2.24) is 0 Å². The summed E-state index contributed by atoms with van der Waals surface area (Å²) in [6, 6.07) is 0. The smallest absolute Gasteiger partial charge is 0.454 e. The average molecular weight is 545 g/mol. The molecule has 1 fully saturated rings. The summed E-state index contributed by atoms with van der Waals surface area (Å²) in [7, 11) is -2.31. The van der Waals surface area contributed by atoms with Crippen LogP contribution >= 0.6 is 0 Å². The predicted octanol–water partition coefficient (Wildman–Crippen LogP) is 7.69. The summed E-state index contributed by atoms with van der Waals surface area (Å²) in [5.41, 5.74) is -1.79. The van der Waals surface area contributed by atoms with Crippen molar-refractivity contribution in [2.45, 2.75) is 160 Å². The van der Waals surface area contributed by atoms with Gasteiger partial charge in [-0.05, 0) is 31.5 Å². The van der Waals surface area contributed by atoms with Crippen LogP contribution < -0.4 is 0 Å². The number of rotatable bonds is 19. The lowest BCUT2D eigenvalue weighted by atomic mass is 9.99. The fraction of sp³-hybridized carbons (Fsp3) is 0.931. The van der Waals surface area contributed by atoms with E-state index in [1.54, 1.807) is 0 Å². The SMILES string of the molecule is CCCCCCCCCCCCCCCCOC(=O)OC[C@H]1OC(=O)[C@@](C)(O)[C@@H]1O[Si](C)(C)C(C)(C)C. The van der Waals surface area contributed by atoms with Crippen molar-refractivity contribution in [2.75, 3.05) is 13.2 Å². The molecule has 0 spiro atoms. The minimum atomic E-state index is -2.31. The molecule has 218 valence electrons. The van der Waals surface area contributed by atoms with E-state index in [0.29, 0.717) is 6.61 Å². The molecule has 1 rings (SSSR count). The quantitative estimate of drug-likeness (QED) is 0.101. The van der Waals surface area contributed by atoms with Gasteiger partial charge in [0.25, 0.3) is 0 Å². The van der Waals surface area contributed by atoms with Gasteiger partial charge < -0.3 is 23.7 Å². The lowest BCUT2D eigenvalue weighted by Gasteiger charge is -2.40. The summed E-state index contributed by atoms with van der Waals surface area (Å²) in [6.45, 7) is 14.0. The first-order valence-electron chi connectivity index (χ1n) is 14.7. The summed E-state index contributed by atoms with van der Waals surface area (Å²) in [5, 5.41) is 10.6. The molecule has 0 radical (unpaired) electrons. The van der Waals surface area contributed by atoms with Crippen LogP contribution in [0.25, 0.3) is 0 Å². The van der Waals surface area contributed by atoms with E-state index in [0.717, 1.165) is 19.3 Å². The topological polar surface area (TPSA) is 91.3 Å². The second-order valence-corrected chi connectivity index (χ2v) is 17.2. The fourth-order valence-corrected chi connectivity index (χ4v) is 5.62. The molecule has 8 heteroatoms. The van der Waals surface area contributed by atoms with Crippen LogP contribution in [0.3, 0.4) is 0 Å². The van der Waals surface area contributed by atoms with Crippen molar-refractivity contribution in [2.24, 2.45) is 0 Å². The summed E-state index contributed by atoms with van der Waals surface area (Å²) < 4.78 is 22.0. The number of aliphatic hydroxyl groups is 1. The maximum atomic E-state index is 12.2. The largest absolute Gasteiger partial charge is 0.508 e. The van der Waals surface area contributed by atoms with Crippen molar-refractivity contribution in [1.29, 1.82) is 0 Å². The highest BCUT2D eigenvalue weighted by Crippen LogP contribution is 2.41. The van der Waals surface area contributed by atoms with E-state index in [-0.39, 0.29) is 11.6 Å². The molecule has 37 heavy (non-hydrogen) atoms. The van der Waals surface area contributed by atoms with Gasteiger partial charge in [0, 0.05) is 0 Å². The number of esters is 1. The van der Waals surface area contributed by atoms with Crippen LogP contribution in [-0.4, -0.2) is 56.6 Å². The van der Waals surface area contributed by atoms with Crippen LogP contribution in [0.1, 0.15) is 125 Å². The molecule has 7 nitrogen and oxygen atoms in total. The average Bonchev–Trinajstić information content (AvgIpc) is 3.02. The molecule has 0 saturated carbocycles. The summed E-state index contributed by atoms with van der Waals surface area (Å²) in [5.74, 6) is -0.763. The fourth-order valence-electron chi connectivity index (χ4n) is 4.25. The highest BCUT2D eigenvalue weighted by atomic mass is 28.4. The Hall–Kier alpha value is -1.12. The number of cyclic esters (lactones) is 1. The Morgan fingerprint density at radius 2 is 1.35 bits per heavy atom. The number of ether oxygens (including phenoxy) is 3. The highest BCUT2D eigenvalue weighted by Gasteiger charge is 2.57. The Morgan fingerprint density at radius 1 is 0.892 bits per heavy atom. The zero-order valence-electron chi connectivity index (χ0n) is 24.9. The van der Waals surface area contributed by atoms with Gasteiger partial charge in [-0.2, -0.15) is 0 Å². The molecule has 3 atom stereocenters. The molecule has 0 aromatic carbocycles. The van der Waals surface area contributed by atoms with E-state index in [9.17, 15) is 14.7 Å². The van der Waals surface area contributed by atoms with Crippen LogP contribution in [0.2, 0.25) is 18.1 Å². The van der Waals surface area contributed by atoms with Crippen LogP contribution in [-0.2, 0) is 23.4 Å². The molecule has 1 aliphatic rings. The summed E-state index contributed by atoms with van der Waals surface area (Å²) in [6.07, 6.45) is 15.2. The predicted molar refractivity (Wildman–Crippen MR) is 150 cm³/mol. The van der Waals surface area contributed by atoms with Crippen LogP contribution in [0.4, 0.5) is 4.79 Å². The molecule has 1 heterocycles. The zero-order chi connectivity index (χ0) is 28.0. The van der Waals surface area contributed by atoms with Gasteiger partial charge in [-0.25, -0.2) is 9.59 Å². The lowest BCUT2D eigenvalue weighted by Crippen LogP contribution is -2.54. The Labute approximate surface area is 227 Å². The first-order chi connectivity index (χ1) is 17.3. The molecule has 0 aromatic heterocycles. The van der Waals surface area contributed by atoms with Crippen LogP contribution in [0.5, 0.6) is 0 Å². The van der Waals surface area contributed by atoms with Gasteiger partial charge in [0.05, 0.1) is 6.61 Å². The number of unbranched alkanes of at least 4 members (excludes halogenated alkanes) is 13. The Bertz CT molecular complexity index is 657. The monoisotopic (exact) mass is 544 g/mol. The zero-order valence-corrected chi connectivity index (χ0v) is 25.9. The highest BCUT2D eigenvalue weighted by molar-refractivity contribution is 6.74. The summed E-state index contributed by atoms with van der Waals surface area (Å²) in [4.78, 5) is 24.3. The van der Waals surface area contributed by atoms with Crippen LogP contribution in [0, 0.1) is 0 Å². The molecular weight excluding hydrogens is 488 g/mol. The summed E-state index contributed by atoms with van der Waals surface area (Å²) >= 11 is 0.